The maximum absolute atomic E-state index is 12.9. The van der Waals surface area contributed by atoms with Gasteiger partial charge in [0.15, 0.2) is 0 Å². The first-order chi connectivity index (χ1) is 12.2. The topological polar surface area (TPSA) is 105 Å². The van der Waals surface area contributed by atoms with E-state index in [2.05, 4.69) is 0 Å². The van der Waals surface area contributed by atoms with Crippen LogP contribution in [0.4, 0.5) is 0 Å². The molecule has 2 aromatic rings. The minimum atomic E-state index is -4.84. The summed E-state index contributed by atoms with van der Waals surface area (Å²) in [6.07, 6.45) is 0. The van der Waals surface area contributed by atoms with Crippen LogP contribution in [0.2, 0.25) is 0 Å². The van der Waals surface area contributed by atoms with Crippen molar-refractivity contribution in [3.63, 3.8) is 0 Å². The number of ether oxygens (including phenoxy) is 4. The molecule has 2 rings (SSSR count). The molecule has 0 saturated heterocycles. The van der Waals surface area contributed by atoms with Gasteiger partial charge in [-0.3, -0.25) is 0 Å². The predicted molar refractivity (Wildman–Crippen MR) is 93.5 cm³/mol. The molecule has 0 aliphatic heterocycles. The molecular formula is C16H18O8S2. The van der Waals surface area contributed by atoms with E-state index < -0.39 is 27.5 Å². The lowest BCUT2D eigenvalue weighted by Crippen LogP contribution is -2.18. The van der Waals surface area contributed by atoms with E-state index in [-0.39, 0.29) is 11.5 Å². The lowest BCUT2D eigenvalue weighted by Gasteiger charge is -2.14. The summed E-state index contributed by atoms with van der Waals surface area (Å²) in [5, 5.41) is 0. The molecule has 0 aliphatic rings. The van der Waals surface area contributed by atoms with Crippen molar-refractivity contribution in [3.05, 3.63) is 36.4 Å². The average Bonchev–Trinajstić information content (AvgIpc) is 2.66. The van der Waals surface area contributed by atoms with Gasteiger partial charge in [-0.15, -0.1) is 0 Å². The van der Waals surface area contributed by atoms with E-state index in [1.54, 1.807) is 0 Å². The quantitative estimate of drug-likeness (QED) is 0.647. The summed E-state index contributed by atoms with van der Waals surface area (Å²) in [5.74, 6) is 0.334. The molecule has 2 aromatic carbocycles. The first kappa shape index (κ1) is 19.9. The van der Waals surface area contributed by atoms with Crippen molar-refractivity contribution in [1.82, 2.24) is 0 Å². The third kappa shape index (κ3) is 3.29. The van der Waals surface area contributed by atoms with Crippen LogP contribution in [0.1, 0.15) is 0 Å². The van der Waals surface area contributed by atoms with Gasteiger partial charge in [-0.25, -0.2) is 16.8 Å². The average molecular weight is 402 g/mol. The zero-order chi connectivity index (χ0) is 19.5. The van der Waals surface area contributed by atoms with Crippen LogP contribution in [-0.4, -0.2) is 45.3 Å². The second-order valence-electron chi connectivity index (χ2n) is 4.94. The van der Waals surface area contributed by atoms with Gasteiger partial charge in [0.1, 0.15) is 32.8 Å². The second kappa shape index (κ2) is 7.42. The van der Waals surface area contributed by atoms with Crippen LogP contribution >= 0.6 is 0 Å². The molecule has 0 amide bonds. The van der Waals surface area contributed by atoms with Crippen LogP contribution in [0, 0.1) is 0 Å². The molecule has 8 nitrogen and oxygen atoms in total. The molecule has 0 spiro atoms. The third-order valence-electron chi connectivity index (χ3n) is 3.57. The largest absolute Gasteiger partial charge is 0.497 e. The normalized spacial score (nSPS) is 11.7. The van der Waals surface area contributed by atoms with Crippen LogP contribution in [0.25, 0.3) is 0 Å². The molecule has 0 N–H and O–H groups in total. The summed E-state index contributed by atoms with van der Waals surface area (Å²) in [6, 6.07) is 7.45. The van der Waals surface area contributed by atoms with Crippen molar-refractivity contribution >= 4 is 17.7 Å². The van der Waals surface area contributed by atoms with Gasteiger partial charge in [0.25, 0.3) is 17.7 Å². The molecule has 10 heteroatoms. The number of methoxy groups -OCH3 is 4. The molecule has 0 aliphatic carbocycles. The summed E-state index contributed by atoms with van der Waals surface area (Å²) >= 11 is 0. The molecule has 0 bridgehead atoms. The van der Waals surface area contributed by atoms with Gasteiger partial charge in [0, 0.05) is 12.1 Å². The highest BCUT2D eigenvalue weighted by molar-refractivity contribution is 8.67. The Bertz CT molecular complexity index is 927. The maximum atomic E-state index is 12.9. The summed E-state index contributed by atoms with van der Waals surface area (Å²) in [7, 11) is -4.44. The first-order valence-electron chi connectivity index (χ1n) is 7.17. The second-order valence-corrected chi connectivity index (χ2v) is 10.3. The Morgan fingerprint density at radius 1 is 0.577 bits per heavy atom. The summed E-state index contributed by atoms with van der Waals surface area (Å²) in [4.78, 5) is -1.00. The number of hydrogen-bond donors (Lipinski definition) is 0. The molecule has 0 radical (unpaired) electrons. The summed E-state index contributed by atoms with van der Waals surface area (Å²) in [6.45, 7) is 0. The number of benzene rings is 2. The molecular weight excluding hydrogens is 384 g/mol. The van der Waals surface area contributed by atoms with Crippen molar-refractivity contribution < 1.29 is 35.8 Å². The monoisotopic (exact) mass is 402 g/mol. The lowest BCUT2D eigenvalue weighted by atomic mass is 10.3. The van der Waals surface area contributed by atoms with E-state index in [1.807, 2.05) is 0 Å². The Balaban J connectivity index is 2.69. The Hall–Kier alpha value is -2.46. The van der Waals surface area contributed by atoms with Crippen LogP contribution in [0.15, 0.2) is 46.2 Å². The fourth-order valence-corrected chi connectivity index (χ4v) is 6.16. The van der Waals surface area contributed by atoms with E-state index in [0.717, 1.165) is 12.1 Å². The van der Waals surface area contributed by atoms with E-state index in [4.69, 9.17) is 18.9 Å². The van der Waals surface area contributed by atoms with Crippen molar-refractivity contribution in [3.8, 4) is 23.0 Å². The smallest absolute Gasteiger partial charge is 0.290 e. The van der Waals surface area contributed by atoms with Gasteiger partial charge in [0.2, 0.25) is 0 Å². The van der Waals surface area contributed by atoms with Gasteiger partial charge in [-0.2, -0.15) is 0 Å². The zero-order valence-electron chi connectivity index (χ0n) is 14.5. The van der Waals surface area contributed by atoms with E-state index in [9.17, 15) is 16.8 Å². The van der Waals surface area contributed by atoms with Crippen molar-refractivity contribution in [1.29, 1.82) is 0 Å². The third-order valence-corrected chi connectivity index (χ3v) is 8.71. The Kier molecular flexibility index (Phi) is 5.67. The van der Waals surface area contributed by atoms with E-state index in [0.29, 0.717) is 11.5 Å². The number of rotatable bonds is 7. The Morgan fingerprint density at radius 2 is 0.923 bits per heavy atom. The standard InChI is InChI=1S/C16H18O8S2/c1-21-11-5-7-15(13(9-11)23-3)25(17,18)26(19,20)16-8-6-12(22-2)10-14(16)24-4/h5-10H,1-4H3. The molecule has 0 saturated carbocycles. The molecule has 0 atom stereocenters. The van der Waals surface area contributed by atoms with Crippen LogP contribution in [0.3, 0.4) is 0 Å². The zero-order valence-corrected chi connectivity index (χ0v) is 16.2. The van der Waals surface area contributed by atoms with Gasteiger partial charge < -0.3 is 18.9 Å². The Morgan fingerprint density at radius 3 is 1.19 bits per heavy atom. The van der Waals surface area contributed by atoms with E-state index in [1.165, 1.54) is 52.7 Å². The molecule has 142 valence electrons. The summed E-state index contributed by atoms with van der Waals surface area (Å²) in [5.41, 5.74) is 0. The SMILES string of the molecule is COc1ccc(S(=O)(=O)S(=O)(=O)c2ccc(OC)cc2OC)c(OC)c1. The molecule has 0 aromatic heterocycles. The molecule has 0 heterocycles. The molecule has 26 heavy (non-hydrogen) atoms. The van der Waals surface area contributed by atoms with Gasteiger partial charge in [-0.1, -0.05) is 0 Å². The molecule has 0 fully saturated rings. The fourth-order valence-electron chi connectivity index (χ4n) is 2.20. The lowest BCUT2D eigenvalue weighted by molar-refractivity contribution is 0.385. The van der Waals surface area contributed by atoms with Crippen LogP contribution < -0.4 is 18.9 Å². The highest BCUT2D eigenvalue weighted by atomic mass is 33.2. The fraction of sp³-hybridized carbons (Fsp3) is 0.250. The van der Waals surface area contributed by atoms with Crippen LogP contribution in [0.5, 0.6) is 23.0 Å². The number of hydrogen-bond acceptors (Lipinski definition) is 8. The van der Waals surface area contributed by atoms with Gasteiger partial charge >= 0.3 is 0 Å². The van der Waals surface area contributed by atoms with E-state index >= 15 is 0 Å². The summed E-state index contributed by atoms with van der Waals surface area (Å²) < 4.78 is 71.5. The molecule has 0 unspecified atom stereocenters. The highest BCUT2D eigenvalue weighted by Gasteiger charge is 2.38. The minimum absolute atomic E-state index is 0.152. The van der Waals surface area contributed by atoms with Crippen LogP contribution in [-0.2, 0) is 17.7 Å². The van der Waals surface area contributed by atoms with Gasteiger partial charge in [-0.05, 0) is 24.3 Å². The maximum Gasteiger partial charge on any atom is 0.290 e. The Labute approximate surface area is 151 Å². The van der Waals surface area contributed by atoms with Crippen molar-refractivity contribution in [2.45, 2.75) is 9.79 Å². The van der Waals surface area contributed by atoms with Crippen molar-refractivity contribution in [2.75, 3.05) is 28.4 Å². The first-order valence-corrected chi connectivity index (χ1v) is 10.7. The highest BCUT2D eigenvalue weighted by Crippen LogP contribution is 2.37. The predicted octanol–water partition coefficient (Wildman–Crippen LogP) is 1.88. The van der Waals surface area contributed by atoms with Gasteiger partial charge in [0.05, 0.1) is 28.4 Å². The minimum Gasteiger partial charge on any atom is -0.497 e. The van der Waals surface area contributed by atoms with Crippen molar-refractivity contribution in [2.24, 2.45) is 0 Å².